The van der Waals surface area contributed by atoms with E-state index in [1.54, 1.807) is 48.4 Å². The zero-order chi connectivity index (χ0) is 20.6. The number of rotatable bonds is 3. The quantitative estimate of drug-likeness (QED) is 0.613. The van der Waals surface area contributed by atoms with Crippen LogP contribution in [0.15, 0.2) is 53.6 Å². The average Bonchev–Trinajstić information content (AvgIpc) is 3.19. The Bertz CT molecular complexity index is 1160. The van der Waals surface area contributed by atoms with Gasteiger partial charge in [0.05, 0.1) is 4.90 Å². The lowest BCUT2D eigenvalue weighted by Gasteiger charge is -2.34. The van der Waals surface area contributed by atoms with Gasteiger partial charge in [0, 0.05) is 55.0 Å². The zero-order valence-corrected chi connectivity index (χ0v) is 16.7. The molecule has 0 bridgehead atoms. The van der Waals surface area contributed by atoms with E-state index in [-0.39, 0.29) is 42.9 Å². The summed E-state index contributed by atoms with van der Waals surface area (Å²) in [6.07, 6.45) is 1.77. The number of benzene rings is 2. The molecule has 2 amide bonds. The SMILES string of the molecule is Cc1ccc(NC(=O)N2CCN(S(=O)(=O)c3ccc4[nH]ccc4c3)CC2)cc1O. The summed E-state index contributed by atoms with van der Waals surface area (Å²) >= 11 is 0. The number of anilines is 1. The predicted molar refractivity (Wildman–Crippen MR) is 110 cm³/mol. The molecule has 0 unspecified atom stereocenters. The Labute approximate surface area is 168 Å². The standard InChI is InChI=1S/C20H22N4O4S/c1-14-2-3-16(13-19(14)25)22-20(26)23-8-10-24(11-9-23)29(27,28)17-4-5-18-15(12-17)6-7-21-18/h2-7,12-13,21,25H,8-11H2,1H3,(H,22,26). The monoisotopic (exact) mass is 414 g/mol. The number of hydrogen-bond acceptors (Lipinski definition) is 4. The number of nitrogens with zero attached hydrogens (tertiary/aromatic N) is 2. The molecule has 8 nitrogen and oxygen atoms in total. The van der Waals surface area contributed by atoms with Gasteiger partial charge in [0.15, 0.2) is 0 Å². The second kappa shape index (κ2) is 7.41. The summed E-state index contributed by atoms with van der Waals surface area (Å²) in [5.74, 6) is 0.109. The van der Waals surface area contributed by atoms with Crippen LogP contribution < -0.4 is 5.32 Å². The van der Waals surface area contributed by atoms with Gasteiger partial charge in [0.2, 0.25) is 10.0 Å². The van der Waals surface area contributed by atoms with Crippen LogP contribution in [-0.4, -0.2) is 59.9 Å². The molecule has 0 atom stereocenters. The molecule has 1 aromatic heterocycles. The van der Waals surface area contributed by atoms with E-state index in [0.29, 0.717) is 5.69 Å². The first-order chi connectivity index (χ1) is 13.8. The highest BCUT2D eigenvalue weighted by Crippen LogP contribution is 2.23. The molecule has 1 saturated heterocycles. The molecule has 9 heteroatoms. The lowest BCUT2D eigenvalue weighted by molar-refractivity contribution is 0.184. The van der Waals surface area contributed by atoms with Crippen LogP contribution in [0.25, 0.3) is 10.9 Å². The normalized spacial score (nSPS) is 15.6. The number of urea groups is 1. The highest BCUT2D eigenvalue weighted by atomic mass is 32.2. The minimum atomic E-state index is -3.62. The van der Waals surface area contributed by atoms with Crippen LogP contribution in [0.3, 0.4) is 0 Å². The van der Waals surface area contributed by atoms with Crippen LogP contribution in [0.5, 0.6) is 5.75 Å². The van der Waals surface area contributed by atoms with Gasteiger partial charge in [0.25, 0.3) is 0 Å². The number of piperazine rings is 1. The van der Waals surface area contributed by atoms with E-state index < -0.39 is 10.0 Å². The minimum Gasteiger partial charge on any atom is -0.508 e. The Morgan fingerprint density at radius 1 is 1.07 bits per heavy atom. The number of aromatic amines is 1. The maximum atomic E-state index is 13.0. The fourth-order valence-corrected chi connectivity index (χ4v) is 4.82. The molecule has 1 aliphatic rings. The molecular weight excluding hydrogens is 392 g/mol. The van der Waals surface area contributed by atoms with Crippen molar-refractivity contribution in [3.63, 3.8) is 0 Å². The number of carbonyl (C=O) groups is 1. The van der Waals surface area contributed by atoms with Crippen molar-refractivity contribution in [3.05, 3.63) is 54.2 Å². The average molecular weight is 414 g/mol. The Morgan fingerprint density at radius 3 is 2.55 bits per heavy atom. The zero-order valence-electron chi connectivity index (χ0n) is 15.9. The summed E-state index contributed by atoms with van der Waals surface area (Å²) in [6, 6.07) is 11.4. The molecule has 0 spiro atoms. The first-order valence-corrected chi connectivity index (χ1v) is 10.7. The van der Waals surface area contributed by atoms with Crippen LogP contribution in [0.1, 0.15) is 5.56 Å². The topological polar surface area (TPSA) is 106 Å². The molecule has 3 aromatic rings. The van der Waals surface area contributed by atoms with E-state index in [2.05, 4.69) is 10.3 Å². The third kappa shape index (κ3) is 3.79. The first kappa shape index (κ1) is 19.3. The number of amides is 2. The number of fused-ring (bicyclic) bond motifs is 1. The van der Waals surface area contributed by atoms with Crippen molar-refractivity contribution >= 4 is 32.6 Å². The van der Waals surface area contributed by atoms with Gasteiger partial charge >= 0.3 is 6.03 Å². The summed E-state index contributed by atoms with van der Waals surface area (Å²) in [5, 5.41) is 13.3. The van der Waals surface area contributed by atoms with Gasteiger partial charge in [-0.15, -0.1) is 0 Å². The highest BCUT2D eigenvalue weighted by molar-refractivity contribution is 7.89. The fraction of sp³-hybridized carbons (Fsp3) is 0.250. The molecule has 0 radical (unpaired) electrons. The van der Waals surface area contributed by atoms with Crippen molar-refractivity contribution < 1.29 is 18.3 Å². The van der Waals surface area contributed by atoms with Gasteiger partial charge < -0.3 is 20.3 Å². The Hall–Kier alpha value is -3.04. The number of phenolic OH excluding ortho intramolecular Hbond substituents is 1. The van der Waals surface area contributed by atoms with E-state index in [4.69, 9.17) is 0 Å². The molecule has 1 fully saturated rings. The molecule has 2 aromatic carbocycles. The third-order valence-corrected chi connectivity index (χ3v) is 7.04. The number of nitrogens with one attached hydrogen (secondary N) is 2. The van der Waals surface area contributed by atoms with Crippen LogP contribution in [0.2, 0.25) is 0 Å². The van der Waals surface area contributed by atoms with Crippen molar-refractivity contribution in [1.82, 2.24) is 14.2 Å². The maximum Gasteiger partial charge on any atom is 0.321 e. The van der Waals surface area contributed by atoms with E-state index in [9.17, 15) is 18.3 Å². The van der Waals surface area contributed by atoms with E-state index in [1.807, 2.05) is 6.07 Å². The molecule has 3 N–H and O–H groups in total. The number of aromatic hydroxyl groups is 1. The van der Waals surface area contributed by atoms with Gasteiger partial charge in [-0.3, -0.25) is 0 Å². The number of phenols is 1. The van der Waals surface area contributed by atoms with Gasteiger partial charge in [-0.25, -0.2) is 13.2 Å². The van der Waals surface area contributed by atoms with E-state index in [1.165, 1.54) is 10.4 Å². The Balaban J connectivity index is 1.41. The fourth-order valence-electron chi connectivity index (χ4n) is 3.36. The lowest BCUT2D eigenvalue weighted by Crippen LogP contribution is -2.51. The molecule has 0 saturated carbocycles. The summed E-state index contributed by atoms with van der Waals surface area (Å²) in [7, 11) is -3.62. The van der Waals surface area contributed by atoms with Gasteiger partial charge in [-0.05, 0) is 42.8 Å². The van der Waals surface area contributed by atoms with Crippen molar-refractivity contribution in [2.45, 2.75) is 11.8 Å². The van der Waals surface area contributed by atoms with Crippen LogP contribution in [-0.2, 0) is 10.0 Å². The maximum absolute atomic E-state index is 13.0. The van der Waals surface area contributed by atoms with E-state index >= 15 is 0 Å². The van der Waals surface area contributed by atoms with Crippen molar-refractivity contribution in [2.24, 2.45) is 0 Å². The molecule has 2 heterocycles. The molecule has 0 aliphatic carbocycles. The van der Waals surface area contributed by atoms with Crippen molar-refractivity contribution in [2.75, 3.05) is 31.5 Å². The number of hydrogen-bond donors (Lipinski definition) is 3. The Morgan fingerprint density at radius 2 is 1.83 bits per heavy atom. The molecular formula is C20H22N4O4S. The number of aryl methyl sites for hydroxylation is 1. The smallest absolute Gasteiger partial charge is 0.321 e. The highest BCUT2D eigenvalue weighted by Gasteiger charge is 2.30. The largest absolute Gasteiger partial charge is 0.508 e. The summed E-state index contributed by atoms with van der Waals surface area (Å²) in [4.78, 5) is 17.3. The second-order valence-corrected chi connectivity index (χ2v) is 8.99. The molecule has 1 aliphatic heterocycles. The van der Waals surface area contributed by atoms with Crippen LogP contribution in [0.4, 0.5) is 10.5 Å². The summed E-state index contributed by atoms with van der Waals surface area (Å²) in [5.41, 5.74) is 2.10. The first-order valence-electron chi connectivity index (χ1n) is 9.27. The molecule has 29 heavy (non-hydrogen) atoms. The number of carbonyl (C=O) groups excluding carboxylic acids is 1. The van der Waals surface area contributed by atoms with Crippen LogP contribution >= 0.6 is 0 Å². The summed E-state index contributed by atoms with van der Waals surface area (Å²) < 4.78 is 27.3. The minimum absolute atomic E-state index is 0.109. The second-order valence-electron chi connectivity index (χ2n) is 7.05. The third-order valence-electron chi connectivity index (χ3n) is 5.15. The number of aromatic nitrogens is 1. The lowest BCUT2D eigenvalue weighted by atomic mass is 10.2. The van der Waals surface area contributed by atoms with Gasteiger partial charge in [-0.2, -0.15) is 4.31 Å². The Kier molecular flexibility index (Phi) is 4.93. The molecule has 152 valence electrons. The number of H-pyrrole nitrogens is 1. The van der Waals surface area contributed by atoms with E-state index in [0.717, 1.165) is 16.5 Å². The van der Waals surface area contributed by atoms with Gasteiger partial charge in [-0.1, -0.05) is 6.07 Å². The summed E-state index contributed by atoms with van der Waals surface area (Å²) in [6.45, 7) is 2.79. The van der Waals surface area contributed by atoms with Crippen molar-refractivity contribution in [1.29, 1.82) is 0 Å². The number of sulfonamides is 1. The van der Waals surface area contributed by atoms with Gasteiger partial charge in [0.1, 0.15) is 5.75 Å². The molecule has 4 rings (SSSR count). The van der Waals surface area contributed by atoms with Crippen molar-refractivity contribution in [3.8, 4) is 5.75 Å². The van der Waals surface area contributed by atoms with Crippen LogP contribution in [0, 0.1) is 6.92 Å². The predicted octanol–water partition coefficient (Wildman–Crippen LogP) is 2.72.